The average molecular weight is 669 g/mol. The summed E-state index contributed by atoms with van der Waals surface area (Å²) in [7, 11) is 0. The summed E-state index contributed by atoms with van der Waals surface area (Å²) in [6, 6.07) is 31.7. The lowest BCUT2D eigenvalue weighted by atomic mass is 10.1. The number of hydrogen-bond acceptors (Lipinski definition) is 5. The Morgan fingerprint density at radius 3 is 1.76 bits per heavy atom. The zero-order valence-corrected chi connectivity index (χ0v) is 29.3. The number of carboxylic acids is 1. The minimum absolute atomic E-state index is 0.310. The predicted octanol–water partition coefficient (Wildman–Crippen LogP) is 11.9. The molecular formula is C44H48N2O4. The van der Waals surface area contributed by atoms with Crippen LogP contribution in [0.1, 0.15) is 87.5 Å². The molecule has 258 valence electrons. The smallest absolute Gasteiger partial charge is 0.346 e. The summed E-state index contributed by atoms with van der Waals surface area (Å²) in [5.41, 5.74) is 6.09. The van der Waals surface area contributed by atoms with Gasteiger partial charge in [0, 0.05) is 28.2 Å². The second-order valence-corrected chi connectivity index (χ2v) is 12.1. The summed E-state index contributed by atoms with van der Waals surface area (Å²) >= 11 is 0. The van der Waals surface area contributed by atoms with Gasteiger partial charge in [-0.15, -0.1) is 0 Å². The number of unbranched alkanes of at least 4 members (excludes halogenated alkanes) is 6. The van der Waals surface area contributed by atoms with Gasteiger partial charge in [0.15, 0.2) is 0 Å². The summed E-state index contributed by atoms with van der Waals surface area (Å²) < 4.78 is 12.6. The lowest BCUT2D eigenvalue weighted by Gasteiger charge is -2.25. The molecule has 0 aliphatic carbocycles. The molecule has 0 fully saturated rings. The normalized spacial score (nSPS) is 11.3. The molecule has 0 atom stereocenters. The van der Waals surface area contributed by atoms with Gasteiger partial charge in [-0.1, -0.05) is 120 Å². The van der Waals surface area contributed by atoms with E-state index >= 15 is 0 Å². The van der Waals surface area contributed by atoms with E-state index < -0.39 is 5.97 Å². The van der Waals surface area contributed by atoms with Crippen LogP contribution in [0.3, 0.4) is 0 Å². The van der Waals surface area contributed by atoms with E-state index in [1.54, 1.807) is 6.07 Å². The van der Waals surface area contributed by atoms with Gasteiger partial charge in [-0.05, 0) is 78.6 Å². The van der Waals surface area contributed by atoms with Crippen LogP contribution >= 0.6 is 0 Å². The molecule has 0 aliphatic rings. The number of aliphatic carboxylic acids is 1. The summed E-state index contributed by atoms with van der Waals surface area (Å²) in [6.45, 7) is 9.78. The van der Waals surface area contributed by atoms with Gasteiger partial charge in [-0.3, -0.25) is 0 Å². The van der Waals surface area contributed by atoms with Crippen molar-refractivity contribution in [2.24, 2.45) is 0 Å². The largest absolute Gasteiger partial charge is 0.493 e. The molecule has 0 spiro atoms. The zero-order valence-electron chi connectivity index (χ0n) is 29.3. The molecule has 4 aromatic carbocycles. The third-order valence-corrected chi connectivity index (χ3v) is 8.31. The highest BCUT2D eigenvalue weighted by molar-refractivity contribution is 5.96. The Morgan fingerprint density at radius 2 is 1.24 bits per heavy atom. The first kappa shape index (κ1) is 37.3. The van der Waals surface area contributed by atoms with Gasteiger partial charge in [0.25, 0.3) is 0 Å². The van der Waals surface area contributed by atoms with Crippen LogP contribution in [-0.2, 0) is 4.79 Å². The first-order chi connectivity index (χ1) is 24.5. The molecule has 0 radical (unpaired) electrons. The third-order valence-electron chi connectivity index (χ3n) is 8.31. The molecule has 0 aliphatic heterocycles. The first-order valence-electron chi connectivity index (χ1n) is 17.6. The van der Waals surface area contributed by atoms with Crippen molar-refractivity contribution in [1.29, 1.82) is 5.26 Å². The number of anilines is 3. The Labute approximate surface area is 297 Å². The monoisotopic (exact) mass is 668 g/mol. The maximum absolute atomic E-state index is 11.3. The molecule has 0 heterocycles. The Kier molecular flexibility index (Phi) is 15.0. The highest BCUT2D eigenvalue weighted by Crippen LogP contribution is 2.36. The first-order valence-corrected chi connectivity index (χ1v) is 17.6. The molecule has 50 heavy (non-hydrogen) atoms. The second kappa shape index (κ2) is 20.1. The van der Waals surface area contributed by atoms with Gasteiger partial charge in [0.2, 0.25) is 0 Å². The molecule has 0 saturated heterocycles. The Hall–Kier alpha value is -5.54. The van der Waals surface area contributed by atoms with Gasteiger partial charge in [-0.25, -0.2) is 4.79 Å². The fourth-order valence-corrected chi connectivity index (χ4v) is 5.53. The van der Waals surface area contributed by atoms with Crippen molar-refractivity contribution in [1.82, 2.24) is 0 Å². The number of benzene rings is 4. The molecule has 6 heteroatoms. The number of nitriles is 1. The van der Waals surface area contributed by atoms with Crippen molar-refractivity contribution in [3.63, 3.8) is 0 Å². The second-order valence-electron chi connectivity index (χ2n) is 12.1. The molecule has 0 bridgehead atoms. The standard InChI is InChI=1S/C44H48N2O4/c1-4-7-9-14-28-49-42-32-37(43(31-36(42)6-3)50-29-15-10-8-5-2)23-18-34-19-24-40(25-20-34)46(39-16-12-11-13-17-39)41-26-21-35(22-27-41)30-38(33-45)44(47)48/h6,11-13,16-27,30-32H,3-5,7-10,14-15,28-29H2,1-2H3,(H,47,48)/b23-18+,38-30-. The maximum atomic E-state index is 11.3. The van der Waals surface area contributed by atoms with Crippen LogP contribution in [0.2, 0.25) is 0 Å². The maximum Gasteiger partial charge on any atom is 0.346 e. The summed E-state index contributed by atoms with van der Waals surface area (Å²) in [6.07, 6.45) is 16.5. The number of carboxylic acid groups (broad SMARTS) is 1. The molecule has 1 N–H and O–H groups in total. The predicted molar refractivity (Wildman–Crippen MR) is 207 cm³/mol. The Morgan fingerprint density at radius 1 is 0.720 bits per heavy atom. The van der Waals surface area contributed by atoms with E-state index in [9.17, 15) is 9.90 Å². The highest BCUT2D eigenvalue weighted by atomic mass is 16.5. The van der Waals surface area contributed by atoms with Crippen molar-refractivity contribution in [2.75, 3.05) is 18.1 Å². The number of hydrogen-bond donors (Lipinski definition) is 1. The van der Waals surface area contributed by atoms with Gasteiger partial charge >= 0.3 is 5.97 Å². The molecule has 0 unspecified atom stereocenters. The number of nitrogens with zero attached hydrogens (tertiary/aromatic N) is 2. The highest BCUT2D eigenvalue weighted by Gasteiger charge is 2.14. The Bertz CT molecular complexity index is 1770. The molecule has 0 amide bonds. The van der Waals surface area contributed by atoms with E-state index in [0.717, 1.165) is 70.9 Å². The zero-order chi connectivity index (χ0) is 35.6. The molecule has 0 aromatic heterocycles. The quantitative estimate of drug-likeness (QED) is 0.0437. The summed E-state index contributed by atoms with van der Waals surface area (Å²) in [4.78, 5) is 13.4. The van der Waals surface area contributed by atoms with Crippen molar-refractivity contribution in [3.8, 4) is 17.6 Å². The lowest BCUT2D eigenvalue weighted by Crippen LogP contribution is -2.09. The number of ether oxygens (including phenoxy) is 2. The topological polar surface area (TPSA) is 82.8 Å². The van der Waals surface area contributed by atoms with Crippen molar-refractivity contribution in [3.05, 3.63) is 125 Å². The molecule has 4 rings (SSSR count). The van der Waals surface area contributed by atoms with Crippen LogP contribution in [0.15, 0.2) is 103 Å². The minimum atomic E-state index is -1.25. The number of carbonyl (C=O) groups is 1. The van der Waals surface area contributed by atoms with E-state index in [2.05, 4.69) is 67.8 Å². The van der Waals surface area contributed by atoms with Crippen LogP contribution in [0.25, 0.3) is 24.3 Å². The minimum Gasteiger partial charge on any atom is -0.493 e. The van der Waals surface area contributed by atoms with Gasteiger partial charge in [-0.2, -0.15) is 5.26 Å². The van der Waals surface area contributed by atoms with E-state index in [1.165, 1.54) is 31.8 Å². The van der Waals surface area contributed by atoms with E-state index in [1.807, 2.05) is 66.7 Å². The number of para-hydroxylation sites is 1. The fourth-order valence-electron chi connectivity index (χ4n) is 5.53. The van der Waals surface area contributed by atoms with E-state index in [-0.39, 0.29) is 5.57 Å². The van der Waals surface area contributed by atoms with Crippen LogP contribution in [0.5, 0.6) is 11.5 Å². The van der Waals surface area contributed by atoms with E-state index in [0.29, 0.717) is 18.8 Å². The van der Waals surface area contributed by atoms with Crippen molar-refractivity contribution >= 4 is 47.3 Å². The van der Waals surface area contributed by atoms with Crippen LogP contribution in [-0.4, -0.2) is 24.3 Å². The van der Waals surface area contributed by atoms with Crippen LogP contribution < -0.4 is 14.4 Å². The molecule has 4 aromatic rings. The van der Waals surface area contributed by atoms with Gasteiger partial charge in [0.1, 0.15) is 23.1 Å². The van der Waals surface area contributed by atoms with Crippen LogP contribution in [0, 0.1) is 11.3 Å². The lowest BCUT2D eigenvalue weighted by molar-refractivity contribution is -0.132. The third kappa shape index (κ3) is 11.0. The molecule has 0 saturated carbocycles. The van der Waals surface area contributed by atoms with Crippen molar-refractivity contribution < 1.29 is 19.4 Å². The van der Waals surface area contributed by atoms with Crippen LogP contribution in [0.4, 0.5) is 17.1 Å². The number of rotatable bonds is 20. The SMILES string of the molecule is C=Cc1cc(OCCCCCC)c(/C=C/c2ccc(N(c3ccccc3)c3ccc(/C=C(/C#N)C(=O)O)cc3)cc2)cc1OCCCCCC. The Balaban J connectivity index is 1.60. The summed E-state index contributed by atoms with van der Waals surface area (Å²) in [5.74, 6) is 0.390. The summed E-state index contributed by atoms with van der Waals surface area (Å²) in [5, 5.41) is 18.4. The van der Waals surface area contributed by atoms with Gasteiger partial charge in [0.05, 0.1) is 13.2 Å². The van der Waals surface area contributed by atoms with Gasteiger partial charge < -0.3 is 19.5 Å². The average Bonchev–Trinajstić information content (AvgIpc) is 3.14. The van der Waals surface area contributed by atoms with E-state index in [4.69, 9.17) is 14.7 Å². The molecule has 6 nitrogen and oxygen atoms in total. The molecular weight excluding hydrogens is 620 g/mol. The fraction of sp³-hybridized carbons (Fsp3) is 0.273. The van der Waals surface area contributed by atoms with Crippen molar-refractivity contribution in [2.45, 2.75) is 65.2 Å².